The van der Waals surface area contributed by atoms with Crippen molar-refractivity contribution in [1.82, 2.24) is 19.6 Å². The summed E-state index contributed by atoms with van der Waals surface area (Å²) in [6, 6.07) is 6.59. The van der Waals surface area contributed by atoms with Crippen molar-refractivity contribution in [1.29, 1.82) is 5.26 Å². The van der Waals surface area contributed by atoms with E-state index < -0.39 is 16.1 Å². The number of nitrogens with zero attached hydrogens (tertiary/aromatic N) is 4. The van der Waals surface area contributed by atoms with Crippen molar-refractivity contribution in [3.63, 3.8) is 0 Å². The summed E-state index contributed by atoms with van der Waals surface area (Å²) in [5, 5.41) is 11.7. The fourth-order valence-corrected chi connectivity index (χ4v) is 6.92. The number of thiophene rings is 1. The molecule has 34 heavy (non-hydrogen) atoms. The van der Waals surface area contributed by atoms with Gasteiger partial charge in [0.25, 0.3) is 10.0 Å². The number of urea groups is 1. The van der Waals surface area contributed by atoms with Crippen LogP contribution in [0.25, 0.3) is 11.1 Å². The van der Waals surface area contributed by atoms with Crippen LogP contribution in [0.15, 0.2) is 34.8 Å². The summed E-state index contributed by atoms with van der Waals surface area (Å²) in [5.41, 5.74) is 4.93. The summed E-state index contributed by atoms with van der Waals surface area (Å²) in [6.45, 7) is 1.57. The molecule has 9 nitrogen and oxygen atoms in total. The number of fused-ring (bicyclic) bond motifs is 2. The Morgan fingerprint density at radius 1 is 1.18 bits per heavy atom. The van der Waals surface area contributed by atoms with E-state index >= 15 is 0 Å². The molecule has 2 N–H and O–H groups in total. The number of carbonyl (C=O) groups excluding carboxylic acids is 1. The maximum absolute atomic E-state index is 13.0. The molecular weight excluding hydrogens is 472 g/mol. The monoisotopic (exact) mass is 494 g/mol. The van der Waals surface area contributed by atoms with E-state index in [-0.39, 0.29) is 10.0 Å². The maximum Gasteiger partial charge on any atom is 0.333 e. The summed E-state index contributed by atoms with van der Waals surface area (Å²) in [7, 11) is -2.02. The highest BCUT2D eigenvalue weighted by Crippen LogP contribution is 2.37. The number of aryl methyl sites for hydroxylation is 1. The van der Waals surface area contributed by atoms with Crippen LogP contribution < -0.4 is 10.0 Å². The second-order valence-electron chi connectivity index (χ2n) is 8.45. The number of nitriles is 1. The molecule has 3 aromatic rings. The average molecular weight is 495 g/mol. The molecule has 0 radical (unpaired) electrons. The normalized spacial score (nSPS) is 15.3. The number of hydrogen-bond acceptors (Lipinski definition) is 8. The molecule has 1 aliphatic carbocycles. The quantitative estimate of drug-likeness (QED) is 0.570. The molecule has 0 unspecified atom stereocenters. The van der Waals surface area contributed by atoms with Gasteiger partial charge in [-0.1, -0.05) is 12.1 Å². The Kier molecular flexibility index (Phi) is 5.81. The predicted octanol–water partition coefficient (Wildman–Crippen LogP) is 3.06. The Hall–Kier alpha value is -3.33. The lowest BCUT2D eigenvalue weighted by atomic mass is 9.99. The second kappa shape index (κ2) is 8.79. The number of carbonyl (C=O) groups is 1. The van der Waals surface area contributed by atoms with Crippen molar-refractivity contribution in [2.75, 3.05) is 18.9 Å². The van der Waals surface area contributed by atoms with Crippen molar-refractivity contribution in [3.8, 4) is 17.2 Å². The highest BCUT2D eigenvalue weighted by molar-refractivity contribution is 7.92. The molecular formula is C23H22N6O3S2. The van der Waals surface area contributed by atoms with Crippen LogP contribution in [-0.2, 0) is 35.8 Å². The summed E-state index contributed by atoms with van der Waals surface area (Å²) in [4.78, 5) is 24.1. The fraction of sp³-hybridized carbons (Fsp3) is 0.304. The highest BCUT2D eigenvalue weighted by Gasteiger charge is 2.26. The zero-order valence-electron chi connectivity index (χ0n) is 18.5. The zero-order valence-corrected chi connectivity index (χ0v) is 20.1. The van der Waals surface area contributed by atoms with E-state index in [0.717, 1.165) is 53.8 Å². The first-order chi connectivity index (χ1) is 16.3. The average Bonchev–Trinajstić information content (AvgIpc) is 3.46. The number of nitrogens with one attached hydrogen (secondary N) is 2. The van der Waals surface area contributed by atoms with Gasteiger partial charge >= 0.3 is 6.03 Å². The minimum absolute atomic E-state index is 0.0492. The first-order valence-electron chi connectivity index (χ1n) is 10.9. The molecule has 11 heteroatoms. The number of likely N-dealkylation sites (N-methyl/N-ethyl adjacent to an activating group) is 1. The van der Waals surface area contributed by atoms with Gasteiger partial charge in [-0.15, -0.1) is 11.3 Å². The van der Waals surface area contributed by atoms with Gasteiger partial charge in [0.05, 0.1) is 5.69 Å². The first kappa shape index (κ1) is 22.5. The minimum atomic E-state index is -4.01. The third-order valence-electron chi connectivity index (χ3n) is 6.11. The summed E-state index contributed by atoms with van der Waals surface area (Å²) >= 11 is 1.22. The van der Waals surface area contributed by atoms with Crippen molar-refractivity contribution < 1.29 is 13.2 Å². The Balaban J connectivity index is 1.42. The lowest BCUT2D eigenvalue weighted by Gasteiger charge is -2.21. The van der Waals surface area contributed by atoms with Gasteiger partial charge in [-0.3, -0.25) is 0 Å². The standard InChI is InChI=1S/C23H22N6O3S2/c1-29-8-7-19-15(13-29)9-21(33-19)34(31,32)28-23(30)27-22-17-4-2-3-14(17)5-6-18(22)16-11-25-20(10-24)26-12-16/h5-6,9,11-12H,2-4,7-8,13H2,1H3,(H2,27,28,30). The van der Waals surface area contributed by atoms with Gasteiger partial charge in [0.2, 0.25) is 5.82 Å². The van der Waals surface area contributed by atoms with E-state index in [1.54, 1.807) is 6.07 Å². The smallest absolute Gasteiger partial charge is 0.306 e. The molecule has 174 valence electrons. The van der Waals surface area contributed by atoms with Crippen LogP contribution in [0.5, 0.6) is 0 Å². The number of hydrogen-bond donors (Lipinski definition) is 2. The lowest BCUT2D eigenvalue weighted by molar-refractivity contribution is 0.256. The van der Waals surface area contributed by atoms with Gasteiger partial charge in [0.15, 0.2) is 0 Å². The van der Waals surface area contributed by atoms with Crippen LogP contribution in [-0.4, -0.2) is 42.9 Å². The molecule has 2 amide bonds. The van der Waals surface area contributed by atoms with Crippen molar-refractivity contribution in [3.05, 3.63) is 58.0 Å². The van der Waals surface area contributed by atoms with E-state index in [9.17, 15) is 13.2 Å². The van der Waals surface area contributed by atoms with Crippen molar-refractivity contribution in [2.24, 2.45) is 0 Å². The van der Waals surface area contributed by atoms with Crippen LogP contribution in [0, 0.1) is 11.3 Å². The maximum atomic E-state index is 13.0. The van der Waals surface area contributed by atoms with Gasteiger partial charge in [-0.05, 0) is 55.5 Å². The molecule has 5 rings (SSSR count). The van der Waals surface area contributed by atoms with Crippen LogP contribution >= 0.6 is 11.3 Å². The third kappa shape index (κ3) is 4.27. The van der Waals surface area contributed by atoms with Crippen molar-refractivity contribution >= 4 is 33.1 Å². The summed E-state index contributed by atoms with van der Waals surface area (Å²) in [6.07, 6.45) is 6.46. The Morgan fingerprint density at radius 3 is 2.74 bits per heavy atom. The number of anilines is 1. The minimum Gasteiger partial charge on any atom is -0.306 e. The van der Waals surface area contributed by atoms with E-state index in [1.165, 1.54) is 23.7 Å². The molecule has 1 aromatic carbocycles. The van der Waals surface area contributed by atoms with Gasteiger partial charge < -0.3 is 10.2 Å². The molecule has 2 aromatic heterocycles. The third-order valence-corrected chi connectivity index (χ3v) is 9.15. The number of sulfonamides is 1. The molecule has 0 fully saturated rings. The van der Waals surface area contributed by atoms with Crippen LogP contribution in [0.1, 0.15) is 33.8 Å². The molecule has 0 atom stereocenters. The Bertz CT molecular complexity index is 1420. The molecule has 0 saturated heterocycles. The fourth-order valence-electron chi connectivity index (χ4n) is 4.47. The Morgan fingerprint density at radius 2 is 1.97 bits per heavy atom. The molecule has 1 aliphatic heterocycles. The number of amides is 2. The molecule has 0 spiro atoms. The number of benzene rings is 1. The van der Waals surface area contributed by atoms with Gasteiger partial charge in [0, 0.05) is 41.5 Å². The van der Waals surface area contributed by atoms with Crippen LogP contribution in [0.2, 0.25) is 0 Å². The molecule has 2 aliphatic rings. The summed E-state index contributed by atoms with van der Waals surface area (Å²) < 4.78 is 28.2. The number of rotatable bonds is 4. The van der Waals surface area contributed by atoms with E-state index in [2.05, 4.69) is 24.9 Å². The zero-order chi connectivity index (χ0) is 23.9. The topological polar surface area (TPSA) is 128 Å². The SMILES string of the molecule is CN1CCc2sc(S(=O)(=O)NC(=O)Nc3c(-c4cnc(C#N)nc4)ccc4c3CCC4)cc2C1. The highest BCUT2D eigenvalue weighted by atomic mass is 32.2. The van der Waals surface area contributed by atoms with Crippen LogP contribution in [0.4, 0.5) is 10.5 Å². The van der Waals surface area contributed by atoms with Gasteiger partial charge in [-0.25, -0.2) is 27.9 Å². The molecule has 0 saturated carbocycles. The summed E-state index contributed by atoms with van der Waals surface area (Å²) in [5.74, 6) is 0.0492. The molecule has 3 heterocycles. The predicted molar refractivity (Wildman–Crippen MR) is 128 cm³/mol. The first-order valence-corrected chi connectivity index (χ1v) is 13.2. The lowest BCUT2D eigenvalue weighted by Crippen LogP contribution is -2.34. The molecule has 0 bridgehead atoms. The van der Waals surface area contributed by atoms with E-state index in [0.29, 0.717) is 23.4 Å². The second-order valence-corrected chi connectivity index (χ2v) is 11.5. The van der Waals surface area contributed by atoms with Crippen molar-refractivity contribution in [2.45, 2.75) is 36.4 Å². The van der Waals surface area contributed by atoms with E-state index in [1.807, 2.05) is 25.2 Å². The largest absolute Gasteiger partial charge is 0.333 e. The van der Waals surface area contributed by atoms with Crippen LogP contribution in [0.3, 0.4) is 0 Å². The Labute approximate surface area is 201 Å². The van der Waals surface area contributed by atoms with Gasteiger partial charge in [-0.2, -0.15) is 5.26 Å². The van der Waals surface area contributed by atoms with Gasteiger partial charge in [0.1, 0.15) is 10.3 Å². The number of aromatic nitrogens is 2. The van der Waals surface area contributed by atoms with E-state index in [4.69, 9.17) is 5.26 Å².